The van der Waals surface area contributed by atoms with Crippen LogP contribution in [0, 0.1) is 0 Å². The van der Waals surface area contributed by atoms with Crippen molar-refractivity contribution in [2.75, 3.05) is 0 Å². The van der Waals surface area contributed by atoms with Crippen LogP contribution in [0.5, 0.6) is 0 Å². The van der Waals surface area contributed by atoms with Crippen molar-refractivity contribution in [2.45, 2.75) is 113 Å². The van der Waals surface area contributed by atoms with Gasteiger partial charge in [0.15, 0.2) is 0 Å². The highest BCUT2D eigenvalue weighted by atomic mass is 31.1. The molecule has 1 heteroatoms. The van der Waals surface area contributed by atoms with Crippen LogP contribution in [0.25, 0.3) is 0 Å². The zero-order valence-corrected chi connectivity index (χ0v) is 12.5. The molecule has 0 nitrogen and oxygen atoms in total. The molecule has 0 amide bonds. The fourth-order valence-electron chi connectivity index (χ4n) is 3.62. The molecule has 6 atom stereocenters. The van der Waals surface area contributed by atoms with Crippen molar-refractivity contribution in [3.63, 3.8) is 0 Å². The molecule has 0 bridgehead atoms. The Morgan fingerprint density at radius 3 is 1.00 bits per heavy atom. The van der Waals surface area contributed by atoms with E-state index in [1.807, 2.05) is 0 Å². The van der Waals surface area contributed by atoms with Crippen molar-refractivity contribution in [3.8, 4) is 0 Å². The van der Waals surface area contributed by atoms with Crippen LogP contribution in [0.1, 0.15) is 108 Å². The maximum atomic E-state index is 8.28. The fraction of sp³-hybridized carbons (Fsp3) is 1.00. The molecule has 3 saturated carbocycles. The van der Waals surface area contributed by atoms with Crippen LogP contribution in [0.4, 0.5) is 0 Å². The van der Waals surface area contributed by atoms with Gasteiger partial charge in [0.1, 0.15) is 0 Å². The van der Waals surface area contributed by atoms with E-state index in [9.17, 15) is 0 Å². The third kappa shape index (κ3) is 3.75. The van der Waals surface area contributed by atoms with E-state index < -0.39 is 65.5 Å². The molecule has 0 saturated heterocycles. The van der Waals surface area contributed by atoms with Crippen molar-refractivity contribution in [1.29, 1.82) is 0 Å². The first kappa shape index (κ1) is 7.13. The molecule has 0 aromatic heterocycles. The van der Waals surface area contributed by atoms with E-state index in [0.29, 0.717) is 38.5 Å². The minimum absolute atomic E-state index is 0.111. The second-order valence-corrected chi connectivity index (χ2v) is 8.90. The van der Waals surface area contributed by atoms with E-state index in [4.69, 9.17) is 12.3 Å². The van der Waals surface area contributed by atoms with Crippen LogP contribution in [0.15, 0.2) is 0 Å². The molecule has 3 aliphatic carbocycles. The van der Waals surface area contributed by atoms with Gasteiger partial charge in [-0.1, -0.05) is 65.5 Å². The third-order valence-electron chi connectivity index (χ3n) is 4.53. The molecule has 3 fully saturated rings. The molecule has 3 aliphatic rings. The predicted molar refractivity (Wildman–Crippen MR) is 87.5 cm³/mol. The van der Waals surface area contributed by atoms with Crippen LogP contribution >= 0.6 is 7.92 Å². The molecular formula is C18H33P. The zero-order valence-electron chi connectivity index (χ0n) is 20.6. The largest absolute Gasteiger partial charge is 0.0971 e. The summed E-state index contributed by atoms with van der Waals surface area (Å²) in [7, 11) is -0.802. The number of hydrogen-bond donors (Lipinski definition) is 0. The summed E-state index contributed by atoms with van der Waals surface area (Å²) in [6.07, 6.45) is -2.26. The lowest BCUT2D eigenvalue weighted by Crippen LogP contribution is -2.28. The van der Waals surface area contributed by atoms with Gasteiger partial charge in [-0.25, -0.2) is 0 Å². The van der Waals surface area contributed by atoms with Crippen molar-refractivity contribution in [2.24, 2.45) is 0 Å². The van der Waals surface area contributed by atoms with Crippen LogP contribution in [0.2, 0.25) is 0 Å². The van der Waals surface area contributed by atoms with Gasteiger partial charge in [-0.3, -0.25) is 0 Å². The summed E-state index contributed by atoms with van der Waals surface area (Å²) in [5, 5.41) is 0. The second-order valence-electron chi connectivity index (χ2n) is 5.81. The second kappa shape index (κ2) is 7.44. The Balaban J connectivity index is 1.86. The van der Waals surface area contributed by atoms with Gasteiger partial charge >= 0.3 is 0 Å². The van der Waals surface area contributed by atoms with E-state index in [-0.39, 0.29) is 17.0 Å². The van der Waals surface area contributed by atoms with Gasteiger partial charge in [0.05, 0.1) is 0 Å². The smallest absolute Gasteiger partial charge is 0.0267 e. The molecule has 6 unspecified atom stereocenters. The Hall–Kier alpha value is 0.430. The SMILES string of the molecule is [2H]C1CC(P(C2CC([2H])C([2H])C([2H])C2)C2CC([2H])C([2H])C([2H])C2)CC([2H])C1[2H]. The molecule has 19 heavy (non-hydrogen) atoms. The lowest BCUT2D eigenvalue weighted by atomic mass is 9.99. The highest BCUT2D eigenvalue weighted by Gasteiger charge is 2.36. The van der Waals surface area contributed by atoms with Gasteiger partial charge in [0, 0.05) is 12.3 Å². The molecule has 0 radical (unpaired) electrons. The molecule has 3 rings (SSSR count). The van der Waals surface area contributed by atoms with E-state index in [1.54, 1.807) is 0 Å². The summed E-state index contributed by atoms with van der Waals surface area (Å²) in [6.45, 7) is 0. The Labute approximate surface area is 134 Å². The van der Waals surface area contributed by atoms with Crippen LogP contribution in [-0.2, 0) is 0 Å². The van der Waals surface area contributed by atoms with Crippen LogP contribution < -0.4 is 0 Å². The lowest BCUT2D eigenvalue weighted by Gasteiger charge is -2.44. The molecule has 0 aromatic carbocycles. The standard InChI is InChI=1S/C18H33P/c1-4-10-16(11-5-1)19(17-12-6-2-7-13-17)18-14-8-3-9-15-18/h16-18H,1-15H2/i1D,2D,3D,4D,5D,6D,7D,8D,9D. The first-order valence-corrected chi connectivity index (χ1v) is 9.22. The highest BCUT2D eigenvalue weighted by molar-refractivity contribution is 7.59. The Bertz CT molecular complexity index is 418. The van der Waals surface area contributed by atoms with Gasteiger partial charge in [0.2, 0.25) is 0 Å². The molecule has 0 N–H and O–H groups in total. The Morgan fingerprint density at radius 2 is 0.737 bits per heavy atom. The fourth-order valence-corrected chi connectivity index (χ4v) is 7.60. The van der Waals surface area contributed by atoms with Crippen LogP contribution in [0.3, 0.4) is 0 Å². The normalized spacial score (nSPS) is 80.5. The lowest BCUT2D eigenvalue weighted by molar-refractivity contribution is 0.460. The monoisotopic (exact) mass is 289 g/mol. The van der Waals surface area contributed by atoms with E-state index in [2.05, 4.69) is 0 Å². The third-order valence-corrected chi connectivity index (χ3v) is 8.33. The Morgan fingerprint density at radius 1 is 0.474 bits per heavy atom. The number of rotatable bonds is 3. The molecular weight excluding hydrogens is 247 g/mol. The summed E-state index contributed by atoms with van der Waals surface area (Å²) in [4.78, 5) is 0. The predicted octanol–water partition coefficient (Wildman–Crippen LogP) is 6.47. The van der Waals surface area contributed by atoms with Gasteiger partial charge in [0.25, 0.3) is 0 Å². The Kier molecular flexibility index (Phi) is 2.79. The first-order valence-electron chi connectivity index (χ1n) is 12.9. The van der Waals surface area contributed by atoms with Crippen molar-refractivity contribution >= 4 is 7.92 Å². The maximum Gasteiger partial charge on any atom is 0.0267 e. The molecule has 0 aliphatic heterocycles. The van der Waals surface area contributed by atoms with E-state index >= 15 is 0 Å². The summed E-state index contributed by atoms with van der Waals surface area (Å²) in [6, 6.07) is 0. The summed E-state index contributed by atoms with van der Waals surface area (Å²) in [5.74, 6) is 0. The maximum absolute atomic E-state index is 8.28. The van der Waals surface area contributed by atoms with E-state index in [1.165, 1.54) is 0 Å². The van der Waals surface area contributed by atoms with Crippen LogP contribution in [-0.4, -0.2) is 17.0 Å². The topological polar surface area (TPSA) is 0 Å². The average molecular weight is 289 g/mol. The minimum atomic E-state index is -0.802. The summed E-state index contributed by atoms with van der Waals surface area (Å²) < 4.78 is 73.8. The van der Waals surface area contributed by atoms with Gasteiger partial charge < -0.3 is 0 Å². The quantitative estimate of drug-likeness (QED) is 0.522. The first-order chi connectivity index (χ1) is 13.1. The van der Waals surface area contributed by atoms with Crippen molar-refractivity contribution < 1.29 is 12.3 Å². The average Bonchev–Trinajstić information content (AvgIpc) is 2.62. The van der Waals surface area contributed by atoms with Gasteiger partial charge in [-0.2, -0.15) is 0 Å². The van der Waals surface area contributed by atoms with Crippen molar-refractivity contribution in [1.82, 2.24) is 0 Å². The molecule has 0 heterocycles. The summed E-state index contributed by atoms with van der Waals surface area (Å²) in [5.41, 5.74) is 0.333. The minimum Gasteiger partial charge on any atom is -0.0971 e. The molecule has 110 valence electrons. The van der Waals surface area contributed by atoms with Crippen molar-refractivity contribution in [3.05, 3.63) is 0 Å². The number of hydrogen-bond acceptors (Lipinski definition) is 0. The van der Waals surface area contributed by atoms with Gasteiger partial charge in [-0.15, -0.1) is 0 Å². The molecule has 0 spiro atoms. The highest BCUT2D eigenvalue weighted by Crippen LogP contribution is 2.61. The molecule has 0 aromatic rings. The van der Waals surface area contributed by atoms with E-state index in [0.717, 1.165) is 0 Å². The van der Waals surface area contributed by atoms with Gasteiger partial charge in [-0.05, 0) is 55.5 Å². The summed E-state index contributed by atoms with van der Waals surface area (Å²) >= 11 is 0. The zero-order chi connectivity index (χ0) is 20.7.